The molecule has 6 nitrogen and oxygen atoms in total. The molecule has 0 saturated carbocycles. The van der Waals surface area contributed by atoms with E-state index in [-0.39, 0.29) is 11.0 Å². The highest BCUT2D eigenvalue weighted by molar-refractivity contribution is 6.31. The SMILES string of the molecule is CC(C)c1cccc(Oc2ncnc(Cl)c2[N+](=O)[O-])c1. The first kappa shape index (κ1) is 14.2. The van der Waals surface area contributed by atoms with E-state index in [1.165, 1.54) is 0 Å². The van der Waals surface area contributed by atoms with E-state index in [9.17, 15) is 10.1 Å². The van der Waals surface area contributed by atoms with Crippen LogP contribution in [0.15, 0.2) is 30.6 Å². The summed E-state index contributed by atoms with van der Waals surface area (Å²) in [5.74, 6) is 0.618. The minimum absolute atomic E-state index is 0.170. The van der Waals surface area contributed by atoms with Gasteiger partial charge in [-0.15, -0.1) is 0 Å². The van der Waals surface area contributed by atoms with Gasteiger partial charge in [-0.05, 0) is 23.6 Å². The number of benzene rings is 1. The van der Waals surface area contributed by atoms with Crippen LogP contribution < -0.4 is 4.74 Å². The standard InChI is InChI=1S/C13H12ClN3O3/c1-8(2)9-4-3-5-10(6-9)20-13-11(17(18)19)12(14)15-7-16-13/h3-8H,1-2H3. The third kappa shape index (κ3) is 3.03. The van der Waals surface area contributed by atoms with Gasteiger partial charge in [0.2, 0.25) is 5.15 Å². The van der Waals surface area contributed by atoms with Gasteiger partial charge in [0.05, 0.1) is 4.92 Å². The van der Waals surface area contributed by atoms with E-state index in [0.717, 1.165) is 11.9 Å². The van der Waals surface area contributed by atoms with E-state index in [4.69, 9.17) is 16.3 Å². The summed E-state index contributed by atoms with van der Waals surface area (Å²) < 4.78 is 5.47. The lowest BCUT2D eigenvalue weighted by molar-refractivity contribution is -0.386. The minimum atomic E-state index is -0.663. The van der Waals surface area contributed by atoms with Gasteiger partial charge in [0.15, 0.2) is 0 Å². The Labute approximate surface area is 120 Å². The zero-order chi connectivity index (χ0) is 14.7. The second-order valence-electron chi connectivity index (χ2n) is 4.40. The van der Waals surface area contributed by atoms with E-state index < -0.39 is 10.6 Å². The lowest BCUT2D eigenvalue weighted by Gasteiger charge is -2.09. The summed E-state index contributed by atoms with van der Waals surface area (Å²) in [6, 6.07) is 7.29. The Bertz CT molecular complexity index is 647. The number of aromatic nitrogens is 2. The van der Waals surface area contributed by atoms with E-state index in [1.54, 1.807) is 6.07 Å². The first-order valence-corrected chi connectivity index (χ1v) is 6.29. The number of hydrogen-bond acceptors (Lipinski definition) is 5. The molecule has 1 aromatic heterocycles. The summed E-state index contributed by atoms with van der Waals surface area (Å²) in [4.78, 5) is 17.7. The van der Waals surface area contributed by atoms with Crippen LogP contribution in [0.5, 0.6) is 11.6 Å². The number of nitro groups is 1. The molecule has 2 aromatic rings. The quantitative estimate of drug-likeness (QED) is 0.484. The third-order valence-electron chi connectivity index (χ3n) is 2.67. The molecule has 2 rings (SSSR count). The van der Waals surface area contributed by atoms with Gasteiger partial charge in [-0.1, -0.05) is 37.6 Å². The zero-order valence-corrected chi connectivity index (χ0v) is 11.7. The molecule has 0 aliphatic heterocycles. The van der Waals surface area contributed by atoms with Crippen LogP contribution in [0.2, 0.25) is 5.15 Å². The first-order chi connectivity index (χ1) is 9.49. The fraction of sp³-hybridized carbons (Fsp3) is 0.231. The summed E-state index contributed by atoms with van der Waals surface area (Å²) in [6.07, 6.45) is 1.12. The van der Waals surface area contributed by atoms with Gasteiger partial charge in [-0.3, -0.25) is 10.1 Å². The predicted molar refractivity (Wildman–Crippen MR) is 74.3 cm³/mol. The zero-order valence-electron chi connectivity index (χ0n) is 10.9. The van der Waals surface area contributed by atoms with Crippen molar-refractivity contribution >= 4 is 17.3 Å². The largest absolute Gasteiger partial charge is 0.434 e. The van der Waals surface area contributed by atoms with Crippen molar-refractivity contribution in [3.05, 3.63) is 51.4 Å². The average Bonchev–Trinajstić information content (AvgIpc) is 2.38. The fourth-order valence-corrected chi connectivity index (χ4v) is 1.81. The summed E-state index contributed by atoms with van der Waals surface area (Å²) in [5, 5.41) is 10.7. The molecular weight excluding hydrogens is 282 g/mol. The fourth-order valence-electron chi connectivity index (χ4n) is 1.62. The maximum atomic E-state index is 11.0. The van der Waals surface area contributed by atoms with Gasteiger partial charge in [-0.25, -0.2) is 4.98 Å². The molecule has 0 radical (unpaired) electrons. The average molecular weight is 294 g/mol. The van der Waals surface area contributed by atoms with Crippen LogP contribution in [0.25, 0.3) is 0 Å². The van der Waals surface area contributed by atoms with Crippen molar-refractivity contribution in [1.82, 2.24) is 9.97 Å². The van der Waals surface area contributed by atoms with Crippen molar-refractivity contribution in [1.29, 1.82) is 0 Å². The van der Waals surface area contributed by atoms with Crippen molar-refractivity contribution in [2.45, 2.75) is 19.8 Å². The monoisotopic (exact) mass is 293 g/mol. The molecule has 7 heteroatoms. The highest BCUT2D eigenvalue weighted by Gasteiger charge is 2.23. The Kier molecular flexibility index (Phi) is 4.14. The maximum absolute atomic E-state index is 11.0. The van der Waals surface area contributed by atoms with Crippen molar-refractivity contribution in [3.63, 3.8) is 0 Å². The van der Waals surface area contributed by atoms with Crippen LogP contribution in [-0.2, 0) is 0 Å². The Morgan fingerprint density at radius 3 is 2.75 bits per heavy atom. The topological polar surface area (TPSA) is 78.2 Å². The van der Waals surface area contributed by atoms with Crippen molar-refractivity contribution in [2.24, 2.45) is 0 Å². The van der Waals surface area contributed by atoms with Crippen LogP contribution in [0.3, 0.4) is 0 Å². The Balaban J connectivity index is 2.38. The molecule has 104 valence electrons. The second-order valence-corrected chi connectivity index (χ2v) is 4.76. The van der Waals surface area contributed by atoms with Gasteiger partial charge in [-0.2, -0.15) is 4.98 Å². The Hall–Kier alpha value is -2.21. The summed E-state index contributed by atoms with van der Waals surface area (Å²) in [5.41, 5.74) is 0.620. The molecule has 20 heavy (non-hydrogen) atoms. The molecule has 0 atom stereocenters. The van der Waals surface area contributed by atoms with E-state index in [2.05, 4.69) is 9.97 Å². The number of ether oxygens (including phenoxy) is 1. The molecule has 0 saturated heterocycles. The number of nitrogens with zero attached hydrogens (tertiary/aromatic N) is 3. The number of halogens is 1. The lowest BCUT2D eigenvalue weighted by Crippen LogP contribution is -1.98. The highest BCUT2D eigenvalue weighted by Crippen LogP contribution is 2.34. The van der Waals surface area contributed by atoms with Crippen molar-refractivity contribution in [3.8, 4) is 11.6 Å². The van der Waals surface area contributed by atoms with Crippen molar-refractivity contribution < 1.29 is 9.66 Å². The molecule has 0 aliphatic carbocycles. The molecule has 1 aromatic carbocycles. The third-order valence-corrected chi connectivity index (χ3v) is 2.94. The molecular formula is C13H12ClN3O3. The van der Waals surface area contributed by atoms with Gasteiger partial charge < -0.3 is 4.74 Å². The van der Waals surface area contributed by atoms with E-state index >= 15 is 0 Å². The molecule has 0 aliphatic rings. The summed E-state index contributed by atoms with van der Waals surface area (Å²) >= 11 is 5.70. The second kappa shape index (κ2) is 5.83. The maximum Gasteiger partial charge on any atom is 0.368 e. The van der Waals surface area contributed by atoms with E-state index in [0.29, 0.717) is 11.7 Å². The van der Waals surface area contributed by atoms with Crippen molar-refractivity contribution in [2.75, 3.05) is 0 Å². The predicted octanol–water partition coefficient (Wildman–Crippen LogP) is 3.95. The van der Waals surface area contributed by atoms with Gasteiger partial charge in [0.1, 0.15) is 12.1 Å². The minimum Gasteiger partial charge on any atom is -0.434 e. The highest BCUT2D eigenvalue weighted by atomic mass is 35.5. The molecule has 0 spiro atoms. The van der Waals surface area contributed by atoms with Gasteiger partial charge >= 0.3 is 11.6 Å². The van der Waals surface area contributed by atoms with Crippen LogP contribution in [0.1, 0.15) is 25.3 Å². The normalized spacial score (nSPS) is 10.6. The van der Waals surface area contributed by atoms with Crippen LogP contribution in [-0.4, -0.2) is 14.9 Å². The molecule has 1 heterocycles. The molecule has 0 bridgehead atoms. The van der Waals surface area contributed by atoms with Gasteiger partial charge in [0, 0.05) is 0 Å². The Morgan fingerprint density at radius 2 is 2.10 bits per heavy atom. The first-order valence-electron chi connectivity index (χ1n) is 5.91. The summed E-state index contributed by atoms with van der Waals surface area (Å²) in [7, 11) is 0. The molecule has 0 amide bonds. The summed E-state index contributed by atoms with van der Waals surface area (Å²) in [6.45, 7) is 4.09. The van der Waals surface area contributed by atoms with Crippen LogP contribution in [0.4, 0.5) is 5.69 Å². The Morgan fingerprint density at radius 1 is 1.35 bits per heavy atom. The molecule has 0 fully saturated rings. The van der Waals surface area contributed by atoms with Crippen LogP contribution in [0, 0.1) is 10.1 Å². The lowest BCUT2D eigenvalue weighted by atomic mass is 10.0. The van der Waals surface area contributed by atoms with E-state index in [1.807, 2.05) is 32.0 Å². The van der Waals surface area contributed by atoms with Gasteiger partial charge in [0.25, 0.3) is 0 Å². The molecule has 0 N–H and O–H groups in total. The number of rotatable bonds is 4. The number of hydrogen-bond donors (Lipinski definition) is 0. The van der Waals surface area contributed by atoms with Crippen LogP contribution >= 0.6 is 11.6 Å². The molecule has 0 unspecified atom stereocenters. The smallest absolute Gasteiger partial charge is 0.368 e.